The van der Waals surface area contributed by atoms with Gasteiger partial charge >= 0.3 is 0 Å². The van der Waals surface area contributed by atoms with E-state index in [1.807, 2.05) is 6.92 Å². The summed E-state index contributed by atoms with van der Waals surface area (Å²) in [4.78, 5) is 13.7. The normalized spacial score (nSPS) is 16.9. The quantitative estimate of drug-likeness (QED) is 0.805. The Morgan fingerprint density at radius 2 is 2.25 bits per heavy atom. The third-order valence-corrected chi connectivity index (χ3v) is 2.92. The van der Waals surface area contributed by atoms with Crippen LogP contribution in [-0.2, 0) is 4.79 Å². The molecule has 1 aliphatic rings. The summed E-state index contributed by atoms with van der Waals surface area (Å²) in [6.07, 6.45) is 1.50. The molecule has 4 nitrogen and oxygen atoms in total. The molecule has 1 saturated carbocycles. The van der Waals surface area contributed by atoms with Gasteiger partial charge in [-0.2, -0.15) is 0 Å². The number of nitrogens with two attached hydrogens (primary N) is 1. The monoisotopic (exact) mass is 220 g/mol. The highest BCUT2D eigenvalue weighted by atomic mass is 16.3. The lowest BCUT2D eigenvalue weighted by molar-refractivity contribution is -0.120. The number of benzene rings is 1. The van der Waals surface area contributed by atoms with Gasteiger partial charge in [0.15, 0.2) is 0 Å². The van der Waals surface area contributed by atoms with E-state index in [2.05, 4.69) is 0 Å². The Morgan fingerprint density at radius 3 is 2.75 bits per heavy atom. The topological polar surface area (TPSA) is 66.6 Å². The maximum atomic E-state index is 12.1. The number of hydrogen-bond acceptors (Lipinski definition) is 3. The zero-order valence-electron chi connectivity index (χ0n) is 9.31. The number of carbonyl (C=O) groups is 1. The van der Waals surface area contributed by atoms with Crippen LogP contribution in [0.1, 0.15) is 19.8 Å². The Balaban J connectivity index is 2.25. The number of carbonyl (C=O) groups excluding carboxylic acids is 1. The van der Waals surface area contributed by atoms with Crippen molar-refractivity contribution in [2.24, 2.45) is 5.73 Å². The molecule has 3 N–H and O–H groups in total. The Kier molecular flexibility index (Phi) is 2.59. The molecule has 0 heterocycles. The molecule has 0 bridgehead atoms. The number of hydrogen-bond donors (Lipinski definition) is 2. The van der Waals surface area contributed by atoms with Gasteiger partial charge in [-0.05, 0) is 31.9 Å². The molecule has 0 aliphatic heterocycles. The highest BCUT2D eigenvalue weighted by Gasteiger charge is 2.48. The molecule has 1 amide bonds. The van der Waals surface area contributed by atoms with E-state index >= 15 is 0 Å². The molecule has 0 spiro atoms. The first-order valence-electron chi connectivity index (χ1n) is 5.47. The van der Waals surface area contributed by atoms with E-state index in [1.165, 1.54) is 0 Å². The Hall–Kier alpha value is -1.55. The number of amides is 1. The molecule has 4 heteroatoms. The second-order valence-corrected chi connectivity index (χ2v) is 4.23. The summed E-state index contributed by atoms with van der Waals surface area (Å²) in [7, 11) is 0. The third kappa shape index (κ3) is 1.88. The number of rotatable bonds is 3. The van der Waals surface area contributed by atoms with Crippen LogP contribution in [-0.4, -0.2) is 23.1 Å². The maximum Gasteiger partial charge on any atom is 0.247 e. The van der Waals surface area contributed by atoms with Crippen LogP contribution in [0.15, 0.2) is 24.3 Å². The van der Waals surface area contributed by atoms with Gasteiger partial charge < -0.3 is 15.7 Å². The summed E-state index contributed by atoms with van der Waals surface area (Å²) in [5, 5.41) is 9.39. The minimum absolute atomic E-state index is 0.0550. The summed E-state index contributed by atoms with van der Waals surface area (Å²) in [6.45, 7) is 2.45. The molecule has 0 radical (unpaired) electrons. The molecule has 16 heavy (non-hydrogen) atoms. The van der Waals surface area contributed by atoms with Gasteiger partial charge in [-0.25, -0.2) is 0 Å². The highest BCUT2D eigenvalue weighted by Crippen LogP contribution is 2.35. The van der Waals surface area contributed by atoms with Crippen LogP contribution in [0.3, 0.4) is 0 Å². The van der Waals surface area contributed by atoms with Gasteiger partial charge in [0, 0.05) is 18.3 Å². The number of phenolic OH excluding ortho intramolecular Hbond substituents is 1. The first-order valence-corrected chi connectivity index (χ1v) is 5.47. The van der Waals surface area contributed by atoms with E-state index in [0.29, 0.717) is 12.2 Å². The average Bonchev–Trinajstić information content (AvgIpc) is 2.99. The summed E-state index contributed by atoms with van der Waals surface area (Å²) in [5.41, 5.74) is 5.92. The molecular formula is C12H16N2O2. The third-order valence-electron chi connectivity index (χ3n) is 2.92. The lowest BCUT2D eigenvalue weighted by Crippen LogP contribution is -2.45. The summed E-state index contributed by atoms with van der Waals surface area (Å²) >= 11 is 0. The molecule has 2 rings (SSSR count). The number of nitrogens with zero attached hydrogens (tertiary/aromatic N) is 1. The van der Waals surface area contributed by atoms with Crippen LogP contribution in [0, 0.1) is 0 Å². The molecule has 1 fully saturated rings. The maximum absolute atomic E-state index is 12.1. The minimum atomic E-state index is -0.665. The molecule has 1 aliphatic carbocycles. The van der Waals surface area contributed by atoms with Crippen LogP contribution in [0.5, 0.6) is 5.75 Å². The first kappa shape index (κ1) is 11.0. The number of aromatic hydroxyl groups is 1. The second-order valence-electron chi connectivity index (χ2n) is 4.23. The predicted molar refractivity (Wildman–Crippen MR) is 62.3 cm³/mol. The molecule has 0 atom stereocenters. The van der Waals surface area contributed by atoms with Crippen LogP contribution in [0.2, 0.25) is 0 Å². The van der Waals surface area contributed by atoms with Gasteiger partial charge in [0.05, 0.1) is 5.54 Å². The molecule has 1 aromatic rings. The average molecular weight is 220 g/mol. The minimum Gasteiger partial charge on any atom is -0.508 e. The van der Waals surface area contributed by atoms with Crippen LogP contribution in [0.25, 0.3) is 0 Å². The van der Waals surface area contributed by atoms with Gasteiger partial charge in [0.25, 0.3) is 0 Å². The Labute approximate surface area is 94.7 Å². The summed E-state index contributed by atoms with van der Waals surface area (Å²) in [6, 6.07) is 6.67. The van der Waals surface area contributed by atoms with Crippen LogP contribution >= 0.6 is 0 Å². The lowest BCUT2D eigenvalue weighted by atomic mass is 10.2. The fourth-order valence-electron chi connectivity index (χ4n) is 1.72. The zero-order valence-corrected chi connectivity index (χ0v) is 9.31. The highest BCUT2D eigenvalue weighted by molar-refractivity contribution is 6.02. The SMILES string of the molecule is CCN(C(=O)C1(N)CC1)c1cccc(O)c1. The van der Waals surface area contributed by atoms with Gasteiger partial charge in [0.2, 0.25) is 5.91 Å². The van der Waals surface area contributed by atoms with Crippen molar-refractivity contribution in [1.29, 1.82) is 0 Å². The smallest absolute Gasteiger partial charge is 0.247 e. The van der Waals surface area contributed by atoms with Crippen LogP contribution < -0.4 is 10.6 Å². The molecule has 1 aromatic carbocycles. The van der Waals surface area contributed by atoms with Crippen molar-refractivity contribution in [2.75, 3.05) is 11.4 Å². The number of phenols is 1. The number of likely N-dealkylation sites (N-methyl/N-ethyl adjacent to an activating group) is 1. The van der Waals surface area contributed by atoms with E-state index in [9.17, 15) is 9.90 Å². The van der Waals surface area contributed by atoms with Gasteiger partial charge in [0.1, 0.15) is 5.75 Å². The fraction of sp³-hybridized carbons (Fsp3) is 0.417. The van der Waals surface area contributed by atoms with Crippen molar-refractivity contribution < 1.29 is 9.90 Å². The number of anilines is 1. The van der Waals surface area contributed by atoms with Crippen molar-refractivity contribution in [3.05, 3.63) is 24.3 Å². The van der Waals surface area contributed by atoms with Crippen molar-refractivity contribution in [1.82, 2.24) is 0 Å². The van der Waals surface area contributed by atoms with Crippen LogP contribution in [0.4, 0.5) is 5.69 Å². The van der Waals surface area contributed by atoms with Gasteiger partial charge in [-0.15, -0.1) is 0 Å². The standard InChI is InChI=1S/C12H16N2O2/c1-2-14(11(16)12(13)6-7-12)9-4-3-5-10(15)8-9/h3-5,8,15H,2,6-7,13H2,1H3. The molecule has 86 valence electrons. The van der Waals surface area contributed by atoms with Gasteiger partial charge in [-0.1, -0.05) is 6.07 Å². The van der Waals surface area contributed by atoms with Crippen molar-refractivity contribution in [2.45, 2.75) is 25.3 Å². The molecule has 0 aromatic heterocycles. The first-order chi connectivity index (χ1) is 7.57. The van der Waals surface area contributed by atoms with E-state index in [1.54, 1.807) is 29.2 Å². The van der Waals surface area contributed by atoms with E-state index in [4.69, 9.17) is 5.73 Å². The van der Waals surface area contributed by atoms with E-state index < -0.39 is 5.54 Å². The van der Waals surface area contributed by atoms with E-state index in [0.717, 1.165) is 12.8 Å². The van der Waals surface area contributed by atoms with Crippen molar-refractivity contribution >= 4 is 11.6 Å². The fourth-order valence-corrected chi connectivity index (χ4v) is 1.72. The van der Waals surface area contributed by atoms with E-state index in [-0.39, 0.29) is 11.7 Å². The zero-order chi connectivity index (χ0) is 11.8. The molecule has 0 unspecified atom stereocenters. The summed E-state index contributed by atoms with van der Waals surface area (Å²) in [5.74, 6) is 0.103. The Bertz CT molecular complexity index is 413. The van der Waals surface area contributed by atoms with Crippen molar-refractivity contribution in [3.8, 4) is 5.75 Å². The Morgan fingerprint density at radius 1 is 1.56 bits per heavy atom. The second kappa shape index (κ2) is 3.79. The molecular weight excluding hydrogens is 204 g/mol. The molecule has 0 saturated heterocycles. The van der Waals surface area contributed by atoms with Crippen molar-refractivity contribution in [3.63, 3.8) is 0 Å². The summed E-state index contributed by atoms with van der Waals surface area (Å²) < 4.78 is 0. The van der Waals surface area contributed by atoms with Gasteiger partial charge in [-0.3, -0.25) is 4.79 Å². The predicted octanol–water partition coefficient (Wildman–Crippen LogP) is 1.24. The lowest BCUT2D eigenvalue weighted by Gasteiger charge is -2.24. The largest absolute Gasteiger partial charge is 0.508 e.